The van der Waals surface area contributed by atoms with Crippen LogP contribution in [-0.2, 0) is 6.54 Å². The molecule has 0 fully saturated rings. The minimum Gasteiger partial charge on any atom is -0.475 e. The summed E-state index contributed by atoms with van der Waals surface area (Å²) in [6, 6.07) is 7.16. The fourth-order valence-electron chi connectivity index (χ4n) is 1.35. The molecule has 5 nitrogen and oxygen atoms in total. The molecule has 0 amide bonds. The number of halogens is 1. The molecule has 0 unspecified atom stereocenters. The molecule has 0 bridgehead atoms. The summed E-state index contributed by atoms with van der Waals surface area (Å²) >= 11 is 5.83. The topological polar surface area (TPSA) is 68.0 Å². The van der Waals surface area contributed by atoms with E-state index in [1.807, 2.05) is 6.07 Å². The average molecular weight is 238 g/mol. The van der Waals surface area contributed by atoms with Crippen molar-refractivity contribution in [2.24, 2.45) is 0 Å². The van der Waals surface area contributed by atoms with Gasteiger partial charge in [0.15, 0.2) is 0 Å². The first-order valence-electron chi connectivity index (χ1n) is 4.52. The summed E-state index contributed by atoms with van der Waals surface area (Å²) in [6.45, 7) is 0.336. The molecular weight excluding hydrogens is 230 g/mol. The van der Waals surface area contributed by atoms with Crippen molar-refractivity contribution in [3.8, 4) is 0 Å². The van der Waals surface area contributed by atoms with Crippen LogP contribution in [0.1, 0.15) is 16.2 Å². The fraction of sp³-hybridized carbons (Fsp3) is 0.100. The Balaban J connectivity index is 2.27. The van der Waals surface area contributed by atoms with Gasteiger partial charge in [0.1, 0.15) is 6.33 Å². The van der Waals surface area contributed by atoms with Crippen LogP contribution in [0.25, 0.3) is 0 Å². The molecule has 0 saturated heterocycles. The molecule has 1 heterocycles. The lowest BCUT2D eigenvalue weighted by Crippen LogP contribution is -2.11. The third kappa shape index (κ3) is 2.20. The van der Waals surface area contributed by atoms with Gasteiger partial charge in [0.2, 0.25) is 5.82 Å². The molecule has 2 aromatic rings. The van der Waals surface area contributed by atoms with Crippen molar-refractivity contribution in [3.63, 3.8) is 0 Å². The molecule has 0 radical (unpaired) electrons. The van der Waals surface area contributed by atoms with Crippen LogP contribution >= 0.6 is 11.6 Å². The molecule has 0 aliphatic heterocycles. The SMILES string of the molecule is O=C(O)c1ncnn1Cc1cccc(Cl)c1. The lowest BCUT2D eigenvalue weighted by atomic mass is 10.2. The number of carboxylic acids is 1. The Morgan fingerprint density at radius 3 is 3.00 bits per heavy atom. The lowest BCUT2D eigenvalue weighted by Gasteiger charge is -2.03. The van der Waals surface area contributed by atoms with Crippen molar-refractivity contribution in [1.29, 1.82) is 0 Å². The normalized spacial score (nSPS) is 10.3. The van der Waals surface area contributed by atoms with Crippen LogP contribution in [0, 0.1) is 0 Å². The van der Waals surface area contributed by atoms with Crippen LogP contribution in [-0.4, -0.2) is 25.8 Å². The molecule has 0 aliphatic rings. The molecule has 1 aromatic heterocycles. The van der Waals surface area contributed by atoms with Gasteiger partial charge in [-0.05, 0) is 17.7 Å². The summed E-state index contributed by atoms with van der Waals surface area (Å²) in [7, 11) is 0. The number of aromatic carboxylic acids is 1. The Kier molecular flexibility index (Phi) is 2.87. The third-order valence-corrected chi connectivity index (χ3v) is 2.26. The molecule has 6 heteroatoms. The molecule has 82 valence electrons. The number of aromatic nitrogens is 3. The molecule has 1 N–H and O–H groups in total. The first-order chi connectivity index (χ1) is 7.66. The zero-order chi connectivity index (χ0) is 11.5. The second-order valence-electron chi connectivity index (χ2n) is 3.18. The van der Waals surface area contributed by atoms with E-state index >= 15 is 0 Å². The van der Waals surface area contributed by atoms with E-state index in [2.05, 4.69) is 10.1 Å². The number of rotatable bonds is 3. The average Bonchev–Trinajstić information content (AvgIpc) is 2.66. The summed E-state index contributed by atoms with van der Waals surface area (Å²) in [4.78, 5) is 14.4. The molecule has 0 spiro atoms. The maximum Gasteiger partial charge on any atom is 0.373 e. The number of hydrogen-bond acceptors (Lipinski definition) is 3. The number of nitrogens with zero attached hydrogens (tertiary/aromatic N) is 3. The van der Waals surface area contributed by atoms with Crippen LogP contribution in [0.4, 0.5) is 0 Å². The van der Waals surface area contributed by atoms with Crippen molar-refractivity contribution in [3.05, 3.63) is 47.0 Å². The quantitative estimate of drug-likeness (QED) is 0.882. The molecule has 0 atom stereocenters. The zero-order valence-electron chi connectivity index (χ0n) is 8.17. The van der Waals surface area contributed by atoms with Crippen molar-refractivity contribution >= 4 is 17.6 Å². The highest BCUT2D eigenvalue weighted by Gasteiger charge is 2.12. The van der Waals surface area contributed by atoms with E-state index in [1.54, 1.807) is 18.2 Å². The maximum atomic E-state index is 10.8. The Morgan fingerprint density at radius 2 is 2.31 bits per heavy atom. The zero-order valence-corrected chi connectivity index (χ0v) is 8.92. The van der Waals surface area contributed by atoms with Gasteiger partial charge in [-0.1, -0.05) is 23.7 Å². The van der Waals surface area contributed by atoms with Crippen molar-refractivity contribution in [2.45, 2.75) is 6.54 Å². The molecule has 1 aromatic carbocycles. The number of carbonyl (C=O) groups is 1. The number of carboxylic acid groups (broad SMARTS) is 1. The van der Waals surface area contributed by atoms with Gasteiger partial charge in [-0.15, -0.1) is 0 Å². The van der Waals surface area contributed by atoms with Crippen molar-refractivity contribution in [2.75, 3.05) is 0 Å². The van der Waals surface area contributed by atoms with E-state index in [9.17, 15) is 4.79 Å². The van der Waals surface area contributed by atoms with Crippen LogP contribution < -0.4 is 0 Å². The van der Waals surface area contributed by atoms with Crippen LogP contribution in [0.3, 0.4) is 0 Å². The molecule has 2 rings (SSSR count). The van der Waals surface area contributed by atoms with Crippen LogP contribution in [0.15, 0.2) is 30.6 Å². The highest BCUT2D eigenvalue weighted by molar-refractivity contribution is 6.30. The highest BCUT2D eigenvalue weighted by atomic mass is 35.5. The Hall–Kier alpha value is -1.88. The fourth-order valence-corrected chi connectivity index (χ4v) is 1.57. The summed E-state index contributed by atoms with van der Waals surface area (Å²) in [5.74, 6) is -1.18. The first-order valence-corrected chi connectivity index (χ1v) is 4.90. The second-order valence-corrected chi connectivity index (χ2v) is 3.61. The minimum atomic E-state index is -1.10. The standard InChI is InChI=1S/C10H8ClN3O2/c11-8-3-1-2-7(4-8)5-14-9(10(15)16)12-6-13-14/h1-4,6H,5H2,(H,15,16). The predicted octanol–water partition coefficient (Wildman–Crippen LogP) is 1.68. The van der Waals surface area contributed by atoms with E-state index in [4.69, 9.17) is 16.7 Å². The Bertz CT molecular complexity index is 524. The number of hydrogen-bond donors (Lipinski definition) is 1. The van der Waals surface area contributed by atoms with Gasteiger partial charge in [-0.2, -0.15) is 5.10 Å². The highest BCUT2D eigenvalue weighted by Crippen LogP contribution is 2.12. The second kappa shape index (κ2) is 4.32. The van der Waals surface area contributed by atoms with Crippen molar-refractivity contribution in [1.82, 2.24) is 14.8 Å². The largest absolute Gasteiger partial charge is 0.475 e. The van der Waals surface area contributed by atoms with Gasteiger partial charge in [-0.3, -0.25) is 0 Å². The minimum absolute atomic E-state index is 0.0834. The summed E-state index contributed by atoms with van der Waals surface area (Å²) < 4.78 is 1.31. The van der Waals surface area contributed by atoms with Gasteiger partial charge < -0.3 is 5.11 Å². The predicted molar refractivity (Wildman–Crippen MR) is 57.5 cm³/mol. The van der Waals surface area contributed by atoms with Gasteiger partial charge in [-0.25, -0.2) is 14.5 Å². The molecule has 16 heavy (non-hydrogen) atoms. The molecule has 0 aliphatic carbocycles. The Labute approximate surface area is 96.3 Å². The Morgan fingerprint density at radius 1 is 1.50 bits per heavy atom. The van der Waals surface area contributed by atoms with E-state index in [-0.39, 0.29) is 5.82 Å². The van der Waals surface area contributed by atoms with E-state index in [0.29, 0.717) is 11.6 Å². The van der Waals surface area contributed by atoms with E-state index < -0.39 is 5.97 Å². The van der Waals surface area contributed by atoms with Gasteiger partial charge in [0.05, 0.1) is 6.54 Å². The maximum absolute atomic E-state index is 10.8. The first kappa shape index (κ1) is 10.6. The third-order valence-electron chi connectivity index (χ3n) is 2.03. The van der Waals surface area contributed by atoms with Gasteiger partial charge >= 0.3 is 5.97 Å². The van der Waals surface area contributed by atoms with Crippen LogP contribution in [0.2, 0.25) is 5.02 Å². The smallest absolute Gasteiger partial charge is 0.373 e. The van der Waals surface area contributed by atoms with Gasteiger partial charge in [0.25, 0.3) is 0 Å². The number of benzene rings is 1. The molecular formula is C10H8ClN3O2. The van der Waals surface area contributed by atoms with E-state index in [1.165, 1.54) is 11.0 Å². The lowest BCUT2D eigenvalue weighted by molar-refractivity contribution is 0.0677. The summed E-state index contributed by atoms with van der Waals surface area (Å²) in [6.07, 6.45) is 1.22. The van der Waals surface area contributed by atoms with E-state index in [0.717, 1.165) is 5.56 Å². The molecule has 0 saturated carbocycles. The van der Waals surface area contributed by atoms with Gasteiger partial charge in [0, 0.05) is 5.02 Å². The van der Waals surface area contributed by atoms with Crippen molar-refractivity contribution < 1.29 is 9.90 Å². The summed E-state index contributed by atoms with van der Waals surface area (Å²) in [5.41, 5.74) is 0.875. The van der Waals surface area contributed by atoms with Crippen LogP contribution in [0.5, 0.6) is 0 Å². The summed E-state index contributed by atoms with van der Waals surface area (Å²) in [5, 5.41) is 13.3. The monoisotopic (exact) mass is 237 g/mol.